The number of rotatable bonds is 7. The van der Waals surface area contributed by atoms with Crippen molar-refractivity contribution in [2.45, 2.75) is 27.8 Å². The number of aryl methyl sites for hydroxylation is 1. The number of furan rings is 1. The zero-order valence-corrected chi connectivity index (χ0v) is 20.7. The van der Waals surface area contributed by atoms with E-state index in [0.29, 0.717) is 50.7 Å². The van der Waals surface area contributed by atoms with Gasteiger partial charge in [0.25, 0.3) is 11.5 Å². The van der Waals surface area contributed by atoms with Crippen LogP contribution in [0.15, 0.2) is 45.8 Å². The monoisotopic (exact) mass is 496 g/mol. The average Bonchev–Trinajstić information content (AvgIpc) is 3.37. The van der Waals surface area contributed by atoms with Crippen LogP contribution in [0.4, 0.5) is 5.69 Å². The van der Waals surface area contributed by atoms with Gasteiger partial charge in [-0.05, 0) is 52.2 Å². The molecule has 4 rings (SSSR count). The van der Waals surface area contributed by atoms with Gasteiger partial charge >= 0.3 is 5.97 Å². The van der Waals surface area contributed by atoms with E-state index in [0.717, 1.165) is 16.5 Å². The quantitative estimate of drug-likeness (QED) is 0.464. The van der Waals surface area contributed by atoms with Crippen molar-refractivity contribution in [3.05, 3.63) is 63.8 Å². The Morgan fingerprint density at radius 2 is 1.83 bits per heavy atom. The topological polar surface area (TPSA) is 88.2 Å². The molecule has 1 aromatic carbocycles. The molecule has 0 atom stereocenters. The lowest BCUT2D eigenvalue weighted by Gasteiger charge is -2.37. The van der Waals surface area contributed by atoms with Gasteiger partial charge in [0, 0.05) is 44.7 Å². The average molecular weight is 497 g/mol. The Morgan fingerprint density at radius 3 is 2.44 bits per heavy atom. The third-order valence-corrected chi connectivity index (χ3v) is 6.26. The number of carbonyl (C=O) groups is 2. The largest absolute Gasteiger partial charge is 0.462 e. The van der Waals surface area contributed by atoms with Crippen molar-refractivity contribution in [1.82, 2.24) is 14.4 Å². The zero-order valence-electron chi connectivity index (χ0n) is 20.7. The van der Waals surface area contributed by atoms with Gasteiger partial charge in [-0.3, -0.25) is 9.59 Å². The SMILES string of the molecule is C.CCOC(=O)c1c(N2CCN(C(=O)c3ccco3)CC2)c2cc(C)ccc2n(CCN(C)C)c1=O. The van der Waals surface area contributed by atoms with E-state index in [9.17, 15) is 14.4 Å². The molecule has 3 aromatic rings. The molecule has 1 fully saturated rings. The molecule has 0 saturated carbocycles. The molecule has 1 aliphatic rings. The van der Waals surface area contributed by atoms with Crippen LogP contribution < -0.4 is 10.5 Å². The minimum Gasteiger partial charge on any atom is -0.462 e. The number of nitrogens with zero attached hydrogens (tertiary/aromatic N) is 4. The number of carbonyl (C=O) groups excluding carboxylic acids is 2. The van der Waals surface area contributed by atoms with Crippen LogP contribution in [0.5, 0.6) is 0 Å². The van der Waals surface area contributed by atoms with Crippen molar-refractivity contribution in [3.8, 4) is 0 Å². The molecule has 0 spiro atoms. The van der Waals surface area contributed by atoms with Gasteiger partial charge < -0.3 is 28.4 Å². The summed E-state index contributed by atoms with van der Waals surface area (Å²) in [7, 11) is 3.89. The summed E-state index contributed by atoms with van der Waals surface area (Å²) in [6.45, 7) is 6.83. The number of likely N-dealkylation sites (N-methyl/N-ethyl adjacent to an activating group) is 1. The van der Waals surface area contributed by atoms with Crippen LogP contribution in [0.3, 0.4) is 0 Å². The molecule has 0 radical (unpaired) electrons. The molecule has 1 aliphatic heterocycles. The Bertz CT molecular complexity index is 1270. The molecule has 3 heterocycles. The van der Waals surface area contributed by atoms with Gasteiger partial charge in [-0.25, -0.2) is 4.79 Å². The molecule has 9 nitrogen and oxygen atoms in total. The van der Waals surface area contributed by atoms with E-state index in [-0.39, 0.29) is 31.1 Å². The maximum atomic E-state index is 13.7. The van der Waals surface area contributed by atoms with Crippen molar-refractivity contribution in [1.29, 1.82) is 0 Å². The van der Waals surface area contributed by atoms with E-state index in [1.807, 2.05) is 49.0 Å². The second-order valence-corrected chi connectivity index (χ2v) is 8.98. The van der Waals surface area contributed by atoms with Gasteiger partial charge in [0.1, 0.15) is 5.56 Å². The lowest BCUT2D eigenvalue weighted by atomic mass is 10.0. The van der Waals surface area contributed by atoms with Gasteiger partial charge in [-0.1, -0.05) is 19.1 Å². The molecule has 1 saturated heterocycles. The van der Waals surface area contributed by atoms with Gasteiger partial charge in [-0.2, -0.15) is 0 Å². The number of hydrogen-bond donors (Lipinski definition) is 0. The smallest absolute Gasteiger partial charge is 0.345 e. The number of esters is 1. The van der Waals surface area contributed by atoms with Crippen LogP contribution >= 0.6 is 0 Å². The number of fused-ring (bicyclic) bond motifs is 1. The standard InChI is InChI=1S/C26H32N4O5.CH4/c1-5-34-26(33)22-23(28-11-13-29(14-12-28)24(31)21-7-6-16-35-21)19-17-18(2)8-9-20(19)30(25(22)32)15-10-27(3)4;/h6-9,16-17H,5,10-15H2,1-4H3;1H4. The Hall–Kier alpha value is -3.59. The third kappa shape index (κ3) is 5.31. The number of amides is 1. The van der Waals surface area contributed by atoms with Crippen LogP contribution in [0.25, 0.3) is 10.9 Å². The molecular formula is C27H36N4O5. The summed E-state index contributed by atoms with van der Waals surface area (Å²) in [6, 6.07) is 9.27. The number of aromatic nitrogens is 1. The van der Waals surface area contributed by atoms with Crippen molar-refractivity contribution in [3.63, 3.8) is 0 Å². The Morgan fingerprint density at radius 1 is 1.11 bits per heavy atom. The van der Waals surface area contributed by atoms with Crippen molar-refractivity contribution in [2.75, 3.05) is 58.3 Å². The van der Waals surface area contributed by atoms with E-state index < -0.39 is 5.97 Å². The first-order valence-electron chi connectivity index (χ1n) is 11.9. The summed E-state index contributed by atoms with van der Waals surface area (Å²) in [6.07, 6.45) is 1.48. The van der Waals surface area contributed by atoms with E-state index in [1.54, 1.807) is 28.5 Å². The highest BCUT2D eigenvalue weighted by molar-refractivity contribution is 6.05. The van der Waals surface area contributed by atoms with E-state index >= 15 is 0 Å². The van der Waals surface area contributed by atoms with Crippen molar-refractivity contribution < 1.29 is 18.7 Å². The first-order chi connectivity index (χ1) is 16.8. The van der Waals surface area contributed by atoms with Gasteiger partial charge in [-0.15, -0.1) is 0 Å². The van der Waals surface area contributed by atoms with Crippen LogP contribution in [-0.2, 0) is 11.3 Å². The Balaban J connectivity index is 0.00000361. The molecule has 9 heteroatoms. The molecule has 0 unspecified atom stereocenters. The summed E-state index contributed by atoms with van der Waals surface area (Å²) < 4.78 is 12.3. The lowest BCUT2D eigenvalue weighted by molar-refractivity contribution is 0.0523. The Labute approximate surface area is 211 Å². The summed E-state index contributed by atoms with van der Waals surface area (Å²) >= 11 is 0. The van der Waals surface area contributed by atoms with E-state index in [4.69, 9.17) is 9.15 Å². The Kier molecular flexibility index (Phi) is 8.57. The first-order valence-corrected chi connectivity index (χ1v) is 11.9. The summed E-state index contributed by atoms with van der Waals surface area (Å²) in [5, 5.41) is 0.831. The fraction of sp³-hybridized carbons (Fsp3) is 0.444. The lowest BCUT2D eigenvalue weighted by Crippen LogP contribution is -2.49. The van der Waals surface area contributed by atoms with Crippen LogP contribution in [-0.4, -0.2) is 79.7 Å². The van der Waals surface area contributed by atoms with E-state index in [2.05, 4.69) is 0 Å². The number of hydrogen-bond acceptors (Lipinski definition) is 7. The second kappa shape index (κ2) is 11.4. The van der Waals surface area contributed by atoms with Crippen LogP contribution in [0.1, 0.15) is 40.8 Å². The molecule has 0 N–H and O–H groups in total. The molecule has 1 amide bonds. The maximum absolute atomic E-state index is 13.7. The maximum Gasteiger partial charge on any atom is 0.345 e. The number of piperazine rings is 1. The summed E-state index contributed by atoms with van der Waals surface area (Å²) in [5.41, 5.74) is 2.08. The van der Waals surface area contributed by atoms with E-state index in [1.165, 1.54) is 6.26 Å². The predicted octanol–water partition coefficient (Wildman–Crippen LogP) is 3.24. The predicted molar refractivity (Wildman–Crippen MR) is 141 cm³/mol. The molecule has 0 bridgehead atoms. The molecule has 36 heavy (non-hydrogen) atoms. The zero-order chi connectivity index (χ0) is 25.1. The number of benzene rings is 1. The van der Waals surface area contributed by atoms with Crippen LogP contribution in [0.2, 0.25) is 0 Å². The van der Waals surface area contributed by atoms with Crippen molar-refractivity contribution in [2.24, 2.45) is 0 Å². The molecule has 194 valence electrons. The fourth-order valence-electron chi connectivity index (χ4n) is 4.48. The highest BCUT2D eigenvalue weighted by atomic mass is 16.5. The van der Waals surface area contributed by atoms with Gasteiger partial charge in [0.2, 0.25) is 0 Å². The minimum atomic E-state index is -0.622. The summed E-state index contributed by atoms with van der Waals surface area (Å²) in [5.74, 6) is -0.487. The third-order valence-electron chi connectivity index (χ3n) is 6.26. The van der Waals surface area contributed by atoms with Crippen molar-refractivity contribution >= 4 is 28.5 Å². The normalized spacial score (nSPS) is 13.7. The second-order valence-electron chi connectivity index (χ2n) is 8.98. The number of anilines is 1. The van der Waals surface area contributed by atoms with Gasteiger partial charge in [0.05, 0.1) is 24.1 Å². The molecular weight excluding hydrogens is 460 g/mol. The fourth-order valence-corrected chi connectivity index (χ4v) is 4.48. The minimum absolute atomic E-state index is 0. The molecule has 0 aliphatic carbocycles. The van der Waals surface area contributed by atoms with Crippen LogP contribution in [0, 0.1) is 6.92 Å². The first kappa shape index (κ1) is 27.0. The molecule has 2 aromatic heterocycles. The number of ether oxygens (including phenoxy) is 1. The highest BCUT2D eigenvalue weighted by Crippen LogP contribution is 2.31. The summed E-state index contributed by atoms with van der Waals surface area (Å²) in [4.78, 5) is 45.3. The highest BCUT2D eigenvalue weighted by Gasteiger charge is 2.30. The number of pyridine rings is 1. The van der Waals surface area contributed by atoms with Gasteiger partial charge in [0.15, 0.2) is 5.76 Å².